The lowest BCUT2D eigenvalue weighted by Gasteiger charge is -2.04. The molecule has 0 radical (unpaired) electrons. The normalized spacial score (nSPS) is 20.6. The fourth-order valence-electron chi connectivity index (χ4n) is 0.750. The molecule has 0 saturated carbocycles. The van der Waals surface area contributed by atoms with E-state index in [1.807, 2.05) is 0 Å². The maximum absolute atomic E-state index is 12.2. The van der Waals surface area contributed by atoms with E-state index in [0.717, 1.165) is 12.8 Å². The fraction of sp³-hybridized carbons (Fsp3) is 0.500. The Morgan fingerprint density at radius 2 is 2.38 bits per heavy atom. The molecular weight excluding hydrogens is 105 g/mol. The molecule has 0 aromatic carbocycles. The van der Waals surface area contributed by atoms with Crippen molar-refractivity contribution in [3.8, 4) is 0 Å². The zero-order valence-corrected chi connectivity index (χ0v) is 4.58. The van der Waals surface area contributed by atoms with Crippen LogP contribution in [0.2, 0.25) is 0 Å². The molecule has 0 bridgehead atoms. The maximum atomic E-state index is 12.2. The van der Waals surface area contributed by atoms with Crippen LogP contribution in [0.4, 0.5) is 4.39 Å². The molecule has 0 aliphatic heterocycles. The summed E-state index contributed by atoms with van der Waals surface area (Å²) in [6, 6.07) is 0. The summed E-state index contributed by atoms with van der Waals surface area (Å²) >= 11 is 0. The quantitative estimate of drug-likeness (QED) is 0.497. The second-order valence-corrected chi connectivity index (χ2v) is 1.92. The summed E-state index contributed by atoms with van der Waals surface area (Å²) in [7, 11) is 0. The highest BCUT2D eigenvalue weighted by molar-refractivity contribution is 5.96. The molecule has 1 aliphatic rings. The molecule has 44 valence electrons. The molecule has 1 N–H and O–H groups in total. The van der Waals surface area contributed by atoms with Crippen molar-refractivity contribution in [2.24, 2.45) is 0 Å². The number of rotatable bonds is 0. The Morgan fingerprint density at radius 3 is 2.75 bits per heavy atom. The van der Waals surface area contributed by atoms with Crippen LogP contribution in [0.5, 0.6) is 0 Å². The Balaban J connectivity index is 2.67. The van der Waals surface area contributed by atoms with Gasteiger partial charge in [-0.1, -0.05) is 0 Å². The van der Waals surface area contributed by atoms with Crippen molar-refractivity contribution in [1.82, 2.24) is 0 Å². The highest BCUT2D eigenvalue weighted by atomic mass is 19.1. The number of hydrogen-bond acceptors (Lipinski definition) is 1. The van der Waals surface area contributed by atoms with Gasteiger partial charge < -0.3 is 5.41 Å². The SMILES string of the molecule is N=C1CCCC=C1F. The van der Waals surface area contributed by atoms with E-state index in [9.17, 15) is 4.39 Å². The van der Waals surface area contributed by atoms with Crippen molar-refractivity contribution in [3.63, 3.8) is 0 Å². The fourth-order valence-corrected chi connectivity index (χ4v) is 0.750. The van der Waals surface area contributed by atoms with E-state index < -0.39 is 0 Å². The minimum absolute atomic E-state index is 0.163. The van der Waals surface area contributed by atoms with Crippen LogP contribution in [0.25, 0.3) is 0 Å². The van der Waals surface area contributed by atoms with Gasteiger partial charge in [0.25, 0.3) is 0 Å². The van der Waals surface area contributed by atoms with Crippen molar-refractivity contribution in [3.05, 3.63) is 11.9 Å². The molecule has 0 heterocycles. The Hall–Kier alpha value is -0.660. The predicted molar refractivity (Wildman–Crippen MR) is 30.8 cm³/mol. The second-order valence-electron chi connectivity index (χ2n) is 1.92. The van der Waals surface area contributed by atoms with Crippen LogP contribution >= 0.6 is 0 Å². The van der Waals surface area contributed by atoms with E-state index in [0.29, 0.717) is 6.42 Å². The molecule has 0 atom stereocenters. The number of allylic oxidation sites excluding steroid dienone is 2. The Bertz CT molecular complexity index is 137. The third kappa shape index (κ3) is 0.941. The van der Waals surface area contributed by atoms with Gasteiger partial charge in [0, 0.05) is 0 Å². The molecule has 1 rings (SSSR count). The Kier molecular flexibility index (Phi) is 1.42. The van der Waals surface area contributed by atoms with Crippen LogP contribution in [0.3, 0.4) is 0 Å². The first kappa shape index (κ1) is 5.48. The number of hydrogen-bond donors (Lipinski definition) is 1. The van der Waals surface area contributed by atoms with Gasteiger partial charge in [0.2, 0.25) is 0 Å². The molecule has 0 spiro atoms. The summed E-state index contributed by atoms with van der Waals surface area (Å²) in [6.07, 6.45) is 3.83. The summed E-state index contributed by atoms with van der Waals surface area (Å²) in [4.78, 5) is 0. The van der Waals surface area contributed by atoms with E-state index in [4.69, 9.17) is 5.41 Å². The largest absolute Gasteiger partial charge is 0.302 e. The summed E-state index contributed by atoms with van der Waals surface area (Å²) in [5.74, 6) is -0.323. The molecule has 0 amide bonds. The van der Waals surface area contributed by atoms with E-state index >= 15 is 0 Å². The van der Waals surface area contributed by atoms with Gasteiger partial charge in [-0.2, -0.15) is 0 Å². The minimum atomic E-state index is -0.323. The first-order valence-electron chi connectivity index (χ1n) is 2.74. The zero-order chi connectivity index (χ0) is 5.98. The molecule has 0 aromatic rings. The van der Waals surface area contributed by atoms with Crippen LogP contribution in [0, 0.1) is 5.41 Å². The standard InChI is InChI=1S/C6H8FN/c7-5-3-1-2-4-6(5)8/h3,8H,1-2,4H2. The monoisotopic (exact) mass is 113 g/mol. The number of nitrogens with one attached hydrogen (secondary N) is 1. The third-order valence-corrected chi connectivity index (χ3v) is 1.24. The third-order valence-electron chi connectivity index (χ3n) is 1.24. The van der Waals surface area contributed by atoms with Crippen LogP contribution < -0.4 is 0 Å². The van der Waals surface area contributed by atoms with E-state index in [-0.39, 0.29) is 11.5 Å². The first-order valence-corrected chi connectivity index (χ1v) is 2.74. The second kappa shape index (κ2) is 2.07. The Morgan fingerprint density at radius 1 is 1.62 bits per heavy atom. The first-order chi connectivity index (χ1) is 3.80. The van der Waals surface area contributed by atoms with Crippen LogP contribution in [-0.4, -0.2) is 5.71 Å². The molecule has 1 aliphatic carbocycles. The lowest BCUT2D eigenvalue weighted by atomic mass is 10.1. The summed E-state index contributed by atoms with van der Waals surface area (Å²) in [5.41, 5.74) is 0.163. The van der Waals surface area contributed by atoms with Gasteiger partial charge in [-0.15, -0.1) is 0 Å². The zero-order valence-electron chi connectivity index (χ0n) is 4.58. The average Bonchev–Trinajstić information content (AvgIpc) is 1.77. The van der Waals surface area contributed by atoms with Gasteiger partial charge in [-0.05, 0) is 25.3 Å². The van der Waals surface area contributed by atoms with Gasteiger partial charge in [0.15, 0.2) is 0 Å². The van der Waals surface area contributed by atoms with E-state index in [1.54, 1.807) is 0 Å². The predicted octanol–water partition coefficient (Wildman–Crippen LogP) is 2.04. The maximum Gasteiger partial charge on any atom is 0.139 e. The van der Waals surface area contributed by atoms with Crippen molar-refractivity contribution in [2.75, 3.05) is 0 Å². The van der Waals surface area contributed by atoms with E-state index in [2.05, 4.69) is 0 Å². The Labute approximate surface area is 47.7 Å². The summed E-state index contributed by atoms with van der Waals surface area (Å²) in [5, 5.41) is 6.95. The molecule has 0 unspecified atom stereocenters. The molecule has 0 fully saturated rings. The average molecular weight is 113 g/mol. The summed E-state index contributed by atoms with van der Waals surface area (Å²) in [6.45, 7) is 0. The molecular formula is C6H8FN. The van der Waals surface area contributed by atoms with Gasteiger partial charge in [0.05, 0.1) is 5.71 Å². The topological polar surface area (TPSA) is 23.9 Å². The molecule has 0 aromatic heterocycles. The van der Waals surface area contributed by atoms with Crippen molar-refractivity contribution in [1.29, 1.82) is 5.41 Å². The number of halogens is 1. The molecule has 8 heavy (non-hydrogen) atoms. The van der Waals surface area contributed by atoms with Crippen molar-refractivity contribution in [2.45, 2.75) is 19.3 Å². The van der Waals surface area contributed by atoms with Crippen molar-refractivity contribution >= 4 is 5.71 Å². The lowest BCUT2D eigenvalue weighted by molar-refractivity contribution is 0.648. The summed E-state index contributed by atoms with van der Waals surface area (Å²) < 4.78 is 12.2. The van der Waals surface area contributed by atoms with Crippen LogP contribution in [0.1, 0.15) is 19.3 Å². The smallest absolute Gasteiger partial charge is 0.139 e. The molecule has 2 heteroatoms. The van der Waals surface area contributed by atoms with Crippen molar-refractivity contribution < 1.29 is 4.39 Å². The van der Waals surface area contributed by atoms with Crippen LogP contribution in [-0.2, 0) is 0 Å². The van der Waals surface area contributed by atoms with Gasteiger partial charge in [0.1, 0.15) is 5.83 Å². The van der Waals surface area contributed by atoms with E-state index in [1.165, 1.54) is 6.08 Å². The highest BCUT2D eigenvalue weighted by Crippen LogP contribution is 2.14. The molecule has 0 saturated heterocycles. The molecule has 1 nitrogen and oxygen atoms in total. The van der Waals surface area contributed by atoms with Gasteiger partial charge in [-0.25, -0.2) is 4.39 Å². The minimum Gasteiger partial charge on any atom is -0.302 e. The van der Waals surface area contributed by atoms with Gasteiger partial charge in [-0.3, -0.25) is 0 Å². The lowest BCUT2D eigenvalue weighted by Crippen LogP contribution is -2.00. The van der Waals surface area contributed by atoms with Gasteiger partial charge >= 0.3 is 0 Å². The highest BCUT2D eigenvalue weighted by Gasteiger charge is 2.07. The van der Waals surface area contributed by atoms with Crippen LogP contribution in [0.15, 0.2) is 11.9 Å².